The largest absolute Gasteiger partial charge is 0.376 e. The van der Waals surface area contributed by atoms with Gasteiger partial charge >= 0.3 is 0 Å². The second kappa shape index (κ2) is 10.6. The number of aryl methyl sites for hydroxylation is 1. The Morgan fingerprint density at radius 2 is 2.14 bits per heavy atom. The number of rotatable bonds is 7. The van der Waals surface area contributed by atoms with E-state index in [9.17, 15) is 0 Å². The van der Waals surface area contributed by atoms with Gasteiger partial charge in [-0.05, 0) is 48.9 Å². The molecule has 1 atom stereocenters. The monoisotopic (exact) mass is 400 g/mol. The number of morpholine rings is 1. The van der Waals surface area contributed by atoms with E-state index in [1.165, 1.54) is 21.6 Å². The van der Waals surface area contributed by atoms with Crippen LogP contribution in [0.2, 0.25) is 0 Å². The van der Waals surface area contributed by atoms with E-state index in [2.05, 4.69) is 72.0 Å². The number of benzene rings is 1. The van der Waals surface area contributed by atoms with Crippen molar-refractivity contribution in [1.82, 2.24) is 15.5 Å². The molecular weight excluding hydrogens is 368 g/mol. The lowest BCUT2D eigenvalue weighted by atomic mass is 10.1. The molecule has 0 radical (unpaired) electrons. The maximum atomic E-state index is 5.64. The third-order valence-corrected chi connectivity index (χ3v) is 5.89. The maximum Gasteiger partial charge on any atom is 0.191 e. The summed E-state index contributed by atoms with van der Waals surface area (Å²) in [7, 11) is 0. The van der Waals surface area contributed by atoms with E-state index >= 15 is 0 Å². The average molecular weight is 401 g/mol. The SMILES string of the molecule is CCNC(=NCc1cccc(CN2CCOC(C)C2)c1)NCc1sccc1C. The highest BCUT2D eigenvalue weighted by atomic mass is 32.1. The molecule has 28 heavy (non-hydrogen) atoms. The molecule has 1 aliphatic heterocycles. The van der Waals surface area contributed by atoms with Gasteiger partial charge in [-0.1, -0.05) is 24.3 Å². The second-order valence-electron chi connectivity index (χ2n) is 7.31. The fraction of sp³-hybridized carbons (Fsp3) is 0.500. The van der Waals surface area contributed by atoms with Gasteiger partial charge in [0.25, 0.3) is 0 Å². The van der Waals surface area contributed by atoms with Crippen LogP contribution in [0, 0.1) is 6.92 Å². The number of thiophene rings is 1. The average Bonchev–Trinajstić information content (AvgIpc) is 3.09. The van der Waals surface area contributed by atoms with E-state index < -0.39 is 0 Å². The molecule has 2 heterocycles. The van der Waals surface area contributed by atoms with Gasteiger partial charge in [-0.25, -0.2) is 4.99 Å². The molecule has 1 aromatic heterocycles. The van der Waals surface area contributed by atoms with Gasteiger partial charge < -0.3 is 15.4 Å². The zero-order chi connectivity index (χ0) is 19.8. The quantitative estimate of drug-likeness (QED) is 0.551. The van der Waals surface area contributed by atoms with Crippen LogP contribution in [0.1, 0.15) is 35.4 Å². The van der Waals surface area contributed by atoms with Crippen LogP contribution in [0.4, 0.5) is 0 Å². The van der Waals surface area contributed by atoms with Gasteiger partial charge in [0.2, 0.25) is 0 Å². The third kappa shape index (κ3) is 6.33. The molecule has 152 valence electrons. The van der Waals surface area contributed by atoms with Crippen LogP contribution < -0.4 is 10.6 Å². The Morgan fingerprint density at radius 3 is 2.89 bits per heavy atom. The molecule has 0 aliphatic carbocycles. The highest BCUT2D eigenvalue weighted by molar-refractivity contribution is 7.10. The molecule has 0 bridgehead atoms. The number of nitrogens with one attached hydrogen (secondary N) is 2. The van der Waals surface area contributed by atoms with Crippen molar-refractivity contribution >= 4 is 17.3 Å². The Labute approximate surface area is 172 Å². The minimum absolute atomic E-state index is 0.322. The summed E-state index contributed by atoms with van der Waals surface area (Å²) in [6.45, 7) is 12.5. The van der Waals surface area contributed by atoms with Crippen molar-refractivity contribution in [3.8, 4) is 0 Å². The molecule has 1 aromatic carbocycles. The van der Waals surface area contributed by atoms with Crippen LogP contribution >= 0.6 is 11.3 Å². The number of hydrogen-bond donors (Lipinski definition) is 2. The molecule has 0 amide bonds. The summed E-state index contributed by atoms with van der Waals surface area (Å²) < 4.78 is 5.64. The fourth-order valence-corrected chi connectivity index (χ4v) is 4.23. The first kappa shape index (κ1) is 20.8. The van der Waals surface area contributed by atoms with Gasteiger partial charge in [-0.3, -0.25) is 4.90 Å². The van der Waals surface area contributed by atoms with E-state index in [0.29, 0.717) is 12.6 Å². The minimum atomic E-state index is 0.322. The maximum absolute atomic E-state index is 5.64. The van der Waals surface area contributed by atoms with Crippen LogP contribution in [0.15, 0.2) is 40.7 Å². The standard InChI is InChI=1S/C22H32N4OS/c1-4-23-22(25-14-21-17(2)8-11-28-21)24-13-19-6-5-7-20(12-19)16-26-9-10-27-18(3)15-26/h5-8,11-12,18H,4,9-10,13-16H2,1-3H3,(H2,23,24,25). The summed E-state index contributed by atoms with van der Waals surface area (Å²) in [5, 5.41) is 8.92. The molecule has 5 nitrogen and oxygen atoms in total. The number of ether oxygens (including phenoxy) is 1. The van der Waals surface area contributed by atoms with Gasteiger partial charge in [0.15, 0.2) is 5.96 Å². The van der Waals surface area contributed by atoms with Gasteiger partial charge in [-0.15, -0.1) is 11.3 Å². The predicted molar refractivity (Wildman–Crippen MR) is 118 cm³/mol. The highest BCUT2D eigenvalue weighted by Gasteiger charge is 2.16. The summed E-state index contributed by atoms with van der Waals surface area (Å²) in [4.78, 5) is 8.60. The Bertz CT molecular complexity index is 773. The normalized spacial score (nSPS) is 18.2. The zero-order valence-electron chi connectivity index (χ0n) is 17.2. The molecule has 0 spiro atoms. The van der Waals surface area contributed by atoms with Gasteiger partial charge in [0.1, 0.15) is 0 Å². The summed E-state index contributed by atoms with van der Waals surface area (Å²) in [5.41, 5.74) is 3.91. The van der Waals surface area contributed by atoms with E-state index in [1.54, 1.807) is 11.3 Å². The first-order valence-corrected chi connectivity index (χ1v) is 11.0. The summed E-state index contributed by atoms with van der Waals surface area (Å²) in [5.74, 6) is 0.864. The van der Waals surface area contributed by atoms with Crippen molar-refractivity contribution in [2.24, 2.45) is 4.99 Å². The first-order chi connectivity index (χ1) is 13.6. The number of guanidine groups is 1. The first-order valence-electron chi connectivity index (χ1n) is 10.1. The lowest BCUT2D eigenvalue weighted by Gasteiger charge is -2.31. The Balaban J connectivity index is 1.58. The van der Waals surface area contributed by atoms with Crippen molar-refractivity contribution in [2.45, 2.75) is 46.5 Å². The molecule has 1 aliphatic rings. The second-order valence-corrected chi connectivity index (χ2v) is 8.31. The van der Waals surface area contributed by atoms with Crippen LogP contribution in [-0.2, 0) is 24.4 Å². The topological polar surface area (TPSA) is 48.9 Å². The van der Waals surface area contributed by atoms with Crippen LogP contribution in [0.3, 0.4) is 0 Å². The lowest BCUT2D eigenvalue weighted by molar-refractivity contribution is -0.0212. The van der Waals surface area contributed by atoms with Crippen LogP contribution in [0.5, 0.6) is 0 Å². The van der Waals surface area contributed by atoms with Crippen molar-refractivity contribution in [3.63, 3.8) is 0 Å². The molecule has 3 rings (SSSR count). The third-order valence-electron chi connectivity index (χ3n) is 4.87. The Morgan fingerprint density at radius 1 is 1.29 bits per heavy atom. The molecular formula is C22H32N4OS. The predicted octanol–water partition coefficient (Wildman–Crippen LogP) is 3.53. The van der Waals surface area contributed by atoms with Gasteiger partial charge in [0, 0.05) is 31.1 Å². The molecule has 1 fully saturated rings. The lowest BCUT2D eigenvalue weighted by Crippen LogP contribution is -2.40. The number of aliphatic imine (C=N–C) groups is 1. The van der Waals surface area contributed by atoms with Gasteiger partial charge in [-0.2, -0.15) is 0 Å². The van der Waals surface area contributed by atoms with Crippen LogP contribution in [-0.4, -0.2) is 43.2 Å². The molecule has 6 heteroatoms. The number of hydrogen-bond acceptors (Lipinski definition) is 4. The van der Waals surface area contributed by atoms with Gasteiger partial charge in [0.05, 0.1) is 25.8 Å². The Hall–Kier alpha value is -1.89. The van der Waals surface area contributed by atoms with Crippen molar-refractivity contribution in [3.05, 3.63) is 57.3 Å². The molecule has 0 saturated carbocycles. The van der Waals surface area contributed by atoms with E-state index in [-0.39, 0.29) is 0 Å². The Kier molecular flexibility index (Phi) is 7.89. The molecule has 1 saturated heterocycles. The van der Waals surface area contributed by atoms with E-state index in [4.69, 9.17) is 9.73 Å². The van der Waals surface area contributed by atoms with E-state index in [1.807, 2.05) is 0 Å². The van der Waals surface area contributed by atoms with E-state index in [0.717, 1.165) is 45.3 Å². The van der Waals surface area contributed by atoms with Crippen molar-refractivity contribution in [2.75, 3.05) is 26.2 Å². The zero-order valence-corrected chi connectivity index (χ0v) is 18.0. The minimum Gasteiger partial charge on any atom is -0.376 e. The van der Waals surface area contributed by atoms with Crippen LogP contribution in [0.25, 0.3) is 0 Å². The van der Waals surface area contributed by atoms with Crippen molar-refractivity contribution < 1.29 is 4.74 Å². The molecule has 1 unspecified atom stereocenters. The fourth-order valence-electron chi connectivity index (χ4n) is 3.38. The number of nitrogens with zero attached hydrogens (tertiary/aromatic N) is 2. The molecule has 2 N–H and O–H groups in total. The molecule has 2 aromatic rings. The van der Waals surface area contributed by atoms with Crippen molar-refractivity contribution in [1.29, 1.82) is 0 Å². The summed E-state index contributed by atoms with van der Waals surface area (Å²) in [6, 6.07) is 10.9. The smallest absolute Gasteiger partial charge is 0.191 e. The summed E-state index contributed by atoms with van der Waals surface area (Å²) >= 11 is 1.78. The highest BCUT2D eigenvalue weighted by Crippen LogP contribution is 2.15. The summed E-state index contributed by atoms with van der Waals surface area (Å²) in [6.07, 6.45) is 0.322.